The van der Waals surface area contributed by atoms with Gasteiger partial charge < -0.3 is 9.32 Å². The Hall–Kier alpha value is -2.38. The number of amides is 2. The van der Waals surface area contributed by atoms with Crippen LogP contribution in [0.2, 0.25) is 0 Å². The molecule has 92 valence electrons. The summed E-state index contributed by atoms with van der Waals surface area (Å²) in [6.07, 6.45) is 1.23. The highest BCUT2D eigenvalue weighted by atomic mass is 16.6. The Kier molecular flexibility index (Phi) is 3.81. The van der Waals surface area contributed by atoms with E-state index >= 15 is 0 Å². The third-order valence-corrected chi connectivity index (χ3v) is 1.81. The van der Waals surface area contributed by atoms with E-state index in [4.69, 9.17) is 4.42 Å². The van der Waals surface area contributed by atoms with E-state index < -0.39 is 4.92 Å². The summed E-state index contributed by atoms with van der Waals surface area (Å²) in [5, 5.41) is 15.2. The van der Waals surface area contributed by atoms with Crippen molar-refractivity contribution in [3.63, 3.8) is 0 Å². The maximum Gasteiger partial charge on any atom is 0.433 e. The van der Waals surface area contributed by atoms with Crippen molar-refractivity contribution in [2.75, 3.05) is 21.1 Å². The molecule has 1 aromatic heterocycles. The number of carbonyl (C=O) groups excluding carboxylic acids is 1. The topological polar surface area (TPSA) is 92.2 Å². The summed E-state index contributed by atoms with van der Waals surface area (Å²) in [7, 11) is 4.65. The number of furan rings is 1. The molecule has 1 heterocycles. The SMILES string of the molecule is CN(C)C(=O)N(C)/N=C\c1ccc([N+](=O)[O-])o1. The summed E-state index contributed by atoms with van der Waals surface area (Å²) >= 11 is 0. The standard InChI is InChI=1S/C9H12N4O4/c1-11(2)9(14)12(3)10-6-7-4-5-8(17-7)13(15)16/h4-6H,1-3H3/b10-6-. The Balaban J connectivity index is 2.70. The van der Waals surface area contributed by atoms with Gasteiger partial charge in [0, 0.05) is 21.1 Å². The van der Waals surface area contributed by atoms with Crippen LogP contribution in [0.15, 0.2) is 21.7 Å². The summed E-state index contributed by atoms with van der Waals surface area (Å²) in [6.45, 7) is 0. The maximum atomic E-state index is 11.4. The van der Waals surface area contributed by atoms with E-state index in [1.165, 1.54) is 30.3 Å². The fourth-order valence-corrected chi connectivity index (χ4v) is 0.992. The monoisotopic (exact) mass is 240 g/mol. The lowest BCUT2D eigenvalue weighted by atomic mass is 10.5. The van der Waals surface area contributed by atoms with E-state index in [1.807, 2.05) is 0 Å². The molecule has 0 aromatic carbocycles. The molecule has 0 radical (unpaired) electrons. The number of hydrazone groups is 1. The van der Waals surface area contributed by atoms with E-state index in [9.17, 15) is 14.9 Å². The average Bonchev–Trinajstić information content (AvgIpc) is 2.73. The average molecular weight is 240 g/mol. The number of nitrogens with zero attached hydrogens (tertiary/aromatic N) is 4. The predicted molar refractivity (Wildman–Crippen MR) is 59.8 cm³/mol. The van der Waals surface area contributed by atoms with Crippen molar-refractivity contribution in [3.05, 3.63) is 28.0 Å². The molecule has 0 fully saturated rings. The van der Waals surface area contributed by atoms with Gasteiger partial charge >= 0.3 is 11.9 Å². The Morgan fingerprint density at radius 1 is 1.47 bits per heavy atom. The molecule has 0 aliphatic rings. The first-order valence-corrected chi connectivity index (χ1v) is 4.65. The van der Waals surface area contributed by atoms with Gasteiger partial charge in [-0.25, -0.2) is 9.80 Å². The highest BCUT2D eigenvalue weighted by molar-refractivity contribution is 5.79. The fourth-order valence-electron chi connectivity index (χ4n) is 0.992. The zero-order chi connectivity index (χ0) is 13.0. The number of urea groups is 1. The van der Waals surface area contributed by atoms with Crippen molar-refractivity contribution in [2.24, 2.45) is 5.10 Å². The fraction of sp³-hybridized carbons (Fsp3) is 0.333. The minimum absolute atomic E-state index is 0.204. The van der Waals surface area contributed by atoms with Crippen LogP contribution in [0.3, 0.4) is 0 Å². The lowest BCUT2D eigenvalue weighted by Gasteiger charge is -2.16. The normalized spacial score (nSPS) is 10.5. The molecule has 0 spiro atoms. The van der Waals surface area contributed by atoms with Gasteiger partial charge in [0.2, 0.25) is 0 Å². The molecule has 0 aliphatic carbocycles. The van der Waals surface area contributed by atoms with Gasteiger partial charge in [-0.3, -0.25) is 10.1 Å². The molecular weight excluding hydrogens is 228 g/mol. The second kappa shape index (κ2) is 5.10. The molecule has 0 aliphatic heterocycles. The first kappa shape index (κ1) is 12.7. The molecule has 1 aromatic rings. The molecular formula is C9H12N4O4. The van der Waals surface area contributed by atoms with Gasteiger partial charge in [-0.15, -0.1) is 0 Å². The van der Waals surface area contributed by atoms with Crippen LogP contribution in [0.1, 0.15) is 5.76 Å². The summed E-state index contributed by atoms with van der Waals surface area (Å²) in [5.41, 5.74) is 0. The van der Waals surface area contributed by atoms with Gasteiger partial charge in [0.05, 0.1) is 12.3 Å². The Bertz CT molecular complexity index is 452. The first-order valence-electron chi connectivity index (χ1n) is 4.65. The van der Waals surface area contributed by atoms with Crippen LogP contribution in [0, 0.1) is 10.1 Å². The van der Waals surface area contributed by atoms with E-state index in [-0.39, 0.29) is 17.7 Å². The quantitative estimate of drug-likeness (QED) is 0.449. The Morgan fingerprint density at radius 2 is 2.12 bits per heavy atom. The molecule has 0 saturated heterocycles. The summed E-state index contributed by atoms with van der Waals surface area (Å²) in [6, 6.07) is 2.30. The van der Waals surface area contributed by atoms with Gasteiger partial charge in [0.15, 0.2) is 5.76 Å². The molecule has 8 nitrogen and oxygen atoms in total. The number of carbonyl (C=O) groups is 1. The lowest BCUT2D eigenvalue weighted by Crippen LogP contribution is -2.32. The molecule has 0 saturated carbocycles. The van der Waals surface area contributed by atoms with Crippen molar-refractivity contribution >= 4 is 18.1 Å². The summed E-state index contributed by atoms with van der Waals surface area (Å²) < 4.78 is 4.84. The van der Waals surface area contributed by atoms with Crippen molar-refractivity contribution < 1.29 is 14.1 Å². The van der Waals surface area contributed by atoms with Gasteiger partial charge in [-0.1, -0.05) is 0 Å². The third-order valence-electron chi connectivity index (χ3n) is 1.81. The van der Waals surface area contributed by atoms with Crippen molar-refractivity contribution in [1.82, 2.24) is 9.91 Å². The van der Waals surface area contributed by atoms with Crippen LogP contribution in [0.5, 0.6) is 0 Å². The first-order chi connectivity index (χ1) is 7.91. The van der Waals surface area contributed by atoms with Crippen molar-refractivity contribution in [1.29, 1.82) is 0 Å². The Labute approximate surface area is 97.3 Å². The minimum Gasteiger partial charge on any atom is -0.400 e. The second-order valence-corrected chi connectivity index (χ2v) is 3.38. The highest BCUT2D eigenvalue weighted by Gasteiger charge is 2.11. The van der Waals surface area contributed by atoms with Gasteiger partial charge in [0.1, 0.15) is 4.92 Å². The Morgan fingerprint density at radius 3 is 2.59 bits per heavy atom. The van der Waals surface area contributed by atoms with Crippen LogP contribution >= 0.6 is 0 Å². The predicted octanol–water partition coefficient (Wildman–Crippen LogP) is 1.14. The van der Waals surface area contributed by atoms with Gasteiger partial charge in [-0.05, 0) is 6.07 Å². The number of nitro groups is 1. The zero-order valence-corrected chi connectivity index (χ0v) is 9.65. The van der Waals surface area contributed by atoms with E-state index in [2.05, 4.69) is 5.10 Å². The van der Waals surface area contributed by atoms with E-state index in [1.54, 1.807) is 14.1 Å². The molecule has 17 heavy (non-hydrogen) atoms. The van der Waals surface area contributed by atoms with Crippen molar-refractivity contribution in [3.8, 4) is 0 Å². The number of rotatable bonds is 3. The number of hydrogen-bond donors (Lipinski definition) is 0. The van der Waals surface area contributed by atoms with Crippen LogP contribution < -0.4 is 0 Å². The summed E-state index contributed by atoms with van der Waals surface area (Å²) in [5.74, 6) is -0.164. The summed E-state index contributed by atoms with van der Waals surface area (Å²) in [4.78, 5) is 22.4. The van der Waals surface area contributed by atoms with Crippen LogP contribution in [0.4, 0.5) is 10.7 Å². The smallest absolute Gasteiger partial charge is 0.400 e. The van der Waals surface area contributed by atoms with Crippen LogP contribution in [-0.2, 0) is 0 Å². The van der Waals surface area contributed by atoms with Gasteiger partial charge in [-0.2, -0.15) is 5.10 Å². The number of hydrogen-bond acceptors (Lipinski definition) is 5. The molecule has 0 bridgehead atoms. The highest BCUT2D eigenvalue weighted by Crippen LogP contribution is 2.13. The van der Waals surface area contributed by atoms with E-state index in [0.29, 0.717) is 0 Å². The molecule has 0 N–H and O–H groups in total. The molecule has 0 unspecified atom stereocenters. The zero-order valence-electron chi connectivity index (χ0n) is 9.65. The molecule has 0 atom stereocenters. The van der Waals surface area contributed by atoms with Gasteiger partial charge in [0.25, 0.3) is 0 Å². The van der Waals surface area contributed by atoms with Crippen LogP contribution in [-0.4, -0.2) is 48.2 Å². The molecule has 8 heteroatoms. The largest absolute Gasteiger partial charge is 0.433 e. The van der Waals surface area contributed by atoms with Crippen molar-refractivity contribution in [2.45, 2.75) is 0 Å². The van der Waals surface area contributed by atoms with Crippen LogP contribution in [0.25, 0.3) is 0 Å². The minimum atomic E-state index is -0.647. The second-order valence-electron chi connectivity index (χ2n) is 3.38. The molecule has 1 rings (SSSR count). The van der Waals surface area contributed by atoms with E-state index in [0.717, 1.165) is 5.01 Å². The third kappa shape index (κ3) is 3.30. The lowest BCUT2D eigenvalue weighted by molar-refractivity contribution is -0.402. The molecule has 2 amide bonds. The maximum absolute atomic E-state index is 11.4.